The van der Waals surface area contributed by atoms with Crippen molar-refractivity contribution in [3.05, 3.63) is 60.2 Å². The molecule has 0 spiro atoms. The molecule has 0 unspecified atom stereocenters. The molecule has 1 aromatic carbocycles. The van der Waals surface area contributed by atoms with Crippen LogP contribution in [-0.4, -0.2) is 18.3 Å². The molecule has 1 N–H and O–H groups in total. The molecule has 2 heteroatoms. The monoisotopic (exact) mass is 232 g/mol. The summed E-state index contributed by atoms with van der Waals surface area (Å²) >= 11 is 0. The highest BCUT2D eigenvalue weighted by molar-refractivity contribution is 5.13. The van der Waals surface area contributed by atoms with Crippen molar-refractivity contribution >= 4 is 0 Å². The summed E-state index contributed by atoms with van der Waals surface area (Å²) in [4.78, 5) is 0. The lowest BCUT2D eigenvalue weighted by atomic mass is 10.2. The van der Waals surface area contributed by atoms with Gasteiger partial charge >= 0.3 is 0 Å². The van der Waals surface area contributed by atoms with E-state index in [-0.39, 0.29) is 6.61 Å². The SMILES string of the molecule is OC/C=C/CC/C=C/COCc1ccccc1. The first-order valence-corrected chi connectivity index (χ1v) is 5.96. The van der Waals surface area contributed by atoms with E-state index in [1.54, 1.807) is 6.08 Å². The van der Waals surface area contributed by atoms with Crippen LogP contribution in [0.15, 0.2) is 54.6 Å². The predicted molar refractivity (Wildman–Crippen MR) is 70.7 cm³/mol. The molecule has 0 fully saturated rings. The van der Waals surface area contributed by atoms with Gasteiger partial charge in [-0.1, -0.05) is 54.6 Å². The fourth-order valence-electron chi connectivity index (χ4n) is 1.39. The first-order valence-electron chi connectivity index (χ1n) is 5.96. The van der Waals surface area contributed by atoms with Gasteiger partial charge in [0.15, 0.2) is 0 Å². The van der Waals surface area contributed by atoms with Crippen LogP contribution in [0.1, 0.15) is 18.4 Å². The Morgan fingerprint density at radius 2 is 1.65 bits per heavy atom. The second-order valence-corrected chi connectivity index (χ2v) is 3.70. The van der Waals surface area contributed by atoms with Gasteiger partial charge in [-0.05, 0) is 18.4 Å². The van der Waals surface area contributed by atoms with Gasteiger partial charge in [-0.2, -0.15) is 0 Å². The number of unbranched alkanes of at least 4 members (excludes halogenated alkanes) is 1. The van der Waals surface area contributed by atoms with Gasteiger partial charge in [-0.25, -0.2) is 0 Å². The minimum absolute atomic E-state index is 0.129. The van der Waals surface area contributed by atoms with Crippen LogP contribution in [0.4, 0.5) is 0 Å². The van der Waals surface area contributed by atoms with Crippen molar-refractivity contribution in [1.82, 2.24) is 0 Å². The maximum absolute atomic E-state index is 8.52. The molecule has 0 bridgehead atoms. The van der Waals surface area contributed by atoms with Crippen molar-refractivity contribution in [2.75, 3.05) is 13.2 Å². The Morgan fingerprint density at radius 3 is 2.35 bits per heavy atom. The maximum Gasteiger partial charge on any atom is 0.0721 e. The van der Waals surface area contributed by atoms with E-state index < -0.39 is 0 Å². The molecule has 1 aromatic rings. The first kappa shape index (κ1) is 13.7. The van der Waals surface area contributed by atoms with E-state index in [9.17, 15) is 0 Å². The van der Waals surface area contributed by atoms with Crippen LogP contribution in [0.2, 0.25) is 0 Å². The Labute approximate surface area is 103 Å². The summed E-state index contributed by atoms with van der Waals surface area (Å²) in [6.07, 6.45) is 9.85. The van der Waals surface area contributed by atoms with E-state index in [0.717, 1.165) is 12.8 Å². The summed E-state index contributed by atoms with van der Waals surface area (Å²) in [5, 5.41) is 8.52. The van der Waals surface area contributed by atoms with Crippen LogP contribution < -0.4 is 0 Å². The molecular weight excluding hydrogens is 212 g/mol. The zero-order valence-electron chi connectivity index (χ0n) is 10.1. The molecule has 2 nitrogen and oxygen atoms in total. The highest BCUT2D eigenvalue weighted by Crippen LogP contribution is 2.00. The highest BCUT2D eigenvalue weighted by atomic mass is 16.5. The molecule has 0 aliphatic carbocycles. The Morgan fingerprint density at radius 1 is 0.941 bits per heavy atom. The number of allylic oxidation sites excluding steroid dienone is 2. The summed E-state index contributed by atoms with van der Waals surface area (Å²) in [5.41, 5.74) is 1.20. The van der Waals surface area contributed by atoms with Crippen LogP contribution in [-0.2, 0) is 11.3 Å². The van der Waals surface area contributed by atoms with Crippen molar-refractivity contribution in [3.63, 3.8) is 0 Å². The standard InChI is InChI=1S/C15H20O2/c16-12-8-3-1-2-4-9-13-17-14-15-10-6-5-7-11-15/h3-11,16H,1-2,12-14H2/b8-3+,9-4+. The number of rotatable bonds is 8. The molecule has 1 rings (SSSR count). The van der Waals surface area contributed by atoms with E-state index in [2.05, 4.69) is 18.2 Å². The van der Waals surface area contributed by atoms with E-state index >= 15 is 0 Å². The molecular formula is C15H20O2. The Kier molecular flexibility index (Phi) is 7.90. The largest absolute Gasteiger partial charge is 0.392 e. The lowest BCUT2D eigenvalue weighted by molar-refractivity contribution is 0.148. The third-order valence-electron chi connectivity index (χ3n) is 2.26. The summed E-state index contributed by atoms with van der Waals surface area (Å²) in [6, 6.07) is 10.2. The Bertz CT molecular complexity index is 328. The molecule has 0 aliphatic heterocycles. The minimum Gasteiger partial charge on any atom is -0.392 e. The third-order valence-corrected chi connectivity index (χ3v) is 2.26. The third kappa shape index (κ3) is 7.50. The van der Waals surface area contributed by atoms with E-state index in [1.807, 2.05) is 30.4 Å². The second kappa shape index (κ2) is 9.82. The molecule has 0 aliphatic rings. The van der Waals surface area contributed by atoms with Crippen LogP contribution in [0.5, 0.6) is 0 Å². The second-order valence-electron chi connectivity index (χ2n) is 3.70. The zero-order chi connectivity index (χ0) is 12.2. The lowest BCUT2D eigenvalue weighted by Gasteiger charge is -2.00. The minimum atomic E-state index is 0.129. The smallest absolute Gasteiger partial charge is 0.0721 e. The van der Waals surface area contributed by atoms with Crippen molar-refractivity contribution in [2.24, 2.45) is 0 Å². The lowest BCUT2D eigenvalue weighted by Crippen LogP contribution is -1.91. The normalized spacial score (nSPS) is 11.6. The summed E-state index contributed by atoms with van der Waals surface area (Å²) in [7, 11) is 0. The molecule has 0 amide bonds. The number of aliphatic hydroxyl groups excluding tert-OH is 1. The summed E-state index contributed by atoms with van der Waals surface area (Å²) < 4.78 is 5.50. The summed E-state index contributed by atoms with van der Waals surface area (Å²) in [5.74, 6) is 0. The highest BCUT2D eigenvalue weighted by Gasteiger charge is 1.88. The van der Waals surface area contributed by atoms with Crippen LogP contribution in [0, 0.1) is 0 Å². The number of hydrogen-bond donors (Lipinski definition) is 1. The molecule has 92 valence electrons. The van der Waals surface area contributed by atoms with Crippen LogP contribution in [0.3, 0.4) is 0 Å². The van der Waals surface area contributed by atoms with Crippen LogP contribution >= 0.6 is 0 Å². The maximum atomic E-state index is 8.52. The van der Waals surface area contributed by atoms with Crippen LogP contribution in [0.25, 0.3) is 0 Å². The molecule has 0 radical (unpaired) electrons. The average molecular weight is 232 g/mol. The number of hydrogen-bond acceptors (Lipinski definition) is 2. The van der Waals surface area contributed by atoms with Gasteiger partial charge < -0.3 is 9.84 Å². The van der Waals surface area contributed by atoms with E-state index in [4.69, 9.17) is 9.84 Å². The van der Waals surface area contributed by atoms with Gasteiger partial charge in [0.2, 0.25) is 0 Å². The van der Waals surface area contributed by atoms with Gasteiger partial charge in [0.1, 0.15) is 0 Å². The molecule has 0 heterocycles. The van der Waals surface area contributed by atoms with E-state index in [0.29, 0.717) is 13.2 Å². The zero-order valence-corrected chi connectivity index (χ0v) is 10.1. The molecule has 0 saturated carbocycles. The molecule has 0 atom stereocenters. The van der Waals surface area contributed by atoms with Crippen molar-refractivity contribution in [3.8, 4) is 0 Å². The fraction of sp³-hybridized carbons (Fsp3) is 0.333. The van der Waals surface area contributed by atoms with Gasteiger partial charge in [-0.15, -0.1) is 0 Å². The Balaban J connectivity index is 2.00. The van der Waals surface area contributed by atoms with Crippen molar-refractivity contribution < 1.29 is 9.84 Å². The Hall–Kier alpha value is -1.38. The molecule has 17 heavy (non-hydrogen) atoms. The predicted octanol–water partition coefficient (Wildman–Crippen LogP) is 3.09. The van der Waals surface area contributed by atoms with Crippen molar-refractivity contribution in [1.29, 1.82) is 0 Å². The van der Waals surface area contributed by atoms with E-state index in [1.165, 1.54) is 5.56 Å². The average Bonchev–Trinajstić information content (AvgIpc) is 2.38. The van der Waals surface area contributed by atoms with Gasteiger partial charge in [0.05, 0.1) is 19.8 Å². The molecule has 0 aromatic heterocycles. The fourth-order valence-corrected chi connectivity index (χ4v) is 1.39. The van der Waals surface area contributed by atoms with Crippen molar-refractivity contribution in [2.45, 2.75) is 19.4 Å². The number of aliphatic hydroxyl groups is 1. The number of benzene rings is 1. The first-order chi connectivity index (χ1) is 8.43. The number of ether oxygens (including phenoxy) is 1. The summed E-state index contributed by atoms with van der Waals surface area (Å²) in [6.45, 7) is 1.44. The van der Waals surface area contributed by atoms with Gasteiger partial charge in [0.25, 0.3) is 0 Å². The van der Waals surface area contributed by atoms with Gasteiger partial charge in [0, 0.05) is 0 Å². The topological polar surface area (TPSA) is 29.5 Å². The van der Waals surface area contributed by atoms with Gasteiger partial charge in [-0.3, -0.25) is 0 Å². The molecule has 0 saturated heterocycles. The quantitative estimate of drug-likeness (QED) is 0.551.